The molecule has 28 heavy (non-hydrogen) atoms. The van der Waals surface area contributed by atoms with E-state index in [1.807, 2.05) is 12.1 Å². The van der Waals surface area contributed by atoms with Crippen molar-refractivity contribution in [2.45, 2.75) is 38.3 Å². The summed E-state index contributed by atoms with van der Waals surface area (Å²) in [6, 6.07) is 8.78. The predicted octanol–water partition coefficient (Wildman–Crippen LogP) is 2.70. The number of hydrogen-bond acceptors (Lipinski definition) is 5. The standard InChI is InChI=1S/C21H25N3O4/c1-27-18-8-7-14(11-19(18)28-2)13-23-20(25)15-9-10-22-17(12-15)21(26)24-16-5-3-4-6-16/h7-12,16H,3-6,13H2,1-2H3,(H,23,25)(H,24,26). The van der Waals surface area contributed by atoms with Gasteiger partial charge in [-0.25, -0.2) is 0 Å². The maximum atomic E-state index is 12.5. The van der Waals surface area contributed by atoms with E-state index in [4.69, 9.17) is 9.47 Å². The lowest BCUT2D eigenvalue weighted by molar-refractivity contribution is 0.0933. The minimum Gasteiger partial charge on any atom is -0.493 e. The fraction of sp³-hybridized carbons (Fsp3) is 0.381. The van der Waals surface area contributed by atoms with Gasteiger partial charge in [-0.05, 0) is 42.7 Å². The second-order valence-corrected chi connectivity index (χ2v) is 6.76. The number of amides is 2. The molecule has 1 aromatic carbocycles. The van der Waals surface area contributed by atoms with Gasteiger partial charge in [0, 0.05) is 24.3 Å². The quantitative estimate of drug-likeness (QED) is 0.767. The number of nitrogens with zero attached hydrogens (tertiary/aromatic N) is 1. The third kappa shape index (κ3) is 4.79. The molecule has 1 aromatic heterocycles. The molecule has 0 spiro atoms. The lowest BCUT2D eigenvalue weighted by Gasteiger charge is -2.12. The monoisotopic (exact) mass is 383 g/mol. The molecule has 0 bridgehead atoms. The van der Waals surface area contributed by atoms with Crippen LogP contribution in [0.4, 0.5) is 0 Å². The van der Waals surface area contributed by atoms with Gasteiger partial charge in [-0.2, -0.15) is 0 Å². The second kappa shape index (κ2) is 9.21. The average Bonchev–Trinajstić information content (AvgIpc) is 3.24. The van der Waals surface area contributed by atoms with Crippen LogP contribution in [0.2, 0.25) is 0 Å². The molecule has 0 radical (unpaired) electrons. The van der Waals surface area contributed by atoms with Crippen molar-refractivity contribution in [2.24, 2.45) is 0 Å². The SMILES string of the molecule is COc1ccc(CNC(=O)c2ccnc(C(=O)NC3CCCC3)c2)cc1OC. The van der Waals surface area contributed by atoms with Gasteiger partial charge in [0.25, 0.3) is 11.8 Å². The van der Waals surface area contributed by atoms with Gasteiger partial charge in [0.05, 0.1) is 14.2 Å². The number of methoxy groups -OCH3 is 2. The van der Waals surface area contributed by atoms with Crippen LogP contribution in [-0.2, 0) is 6.54 Å². The molecule has 1 aliphatic carbocycles. The number of rotatable bonds is 7. The molecular weight excluding hydrogens is 358 g/mol. The van der Waals surface area contributed by atoms with Crippen LogP contribution in [0.15, 0.2) is 36.5 Å². The second-order valence-electron chi connectivity index (χ2n) is 6.76. The smallest absolute Gasteiger partial charge is 0.270 e. The number of hydrogen-bond donors (Lipinski definition) is 2. The van der Waals surface area contributed by atoms with Crippen molar-refractivity contribution in [3.63, 3.8) is 0 Å². The molecule has 2 amide bonds. The highest BCUT2D eigenvalue weighted by atomic mass is 16.5. The third-order valence-corrected chi connectivity index (χ3v) is 4.85. The van der Waals surface area contributed by atoms with Crippen LogP contribution in [0.3, 0.4) is 0 Å². The number of ether oxygens (including phenoxy) is 2. The molecular formula is C21H25N3O4. The van der Waals surface area contributed by atoms with E-state index in [0.717, 1.165) is 31.2 Å². The van der Waals surface area contributed by atoms with Crippen molar-refractivity contribution >= 4 is 11.8 Å². The van der Waals surface area contributed by atoms with E-state index in [2.05, 4.69) is 15.6 Å². The van der Waals surface area contributed by atoms with Crippen molar-refractivity contribution in [1.82, 2.24) is 15.6 Å². The highest BCUT2D eigenvalue weighted by Gasteiger charge is 2.19. The number of carbonyl (C=O) groups is 2. The van der Waals surface area contributed by atoms with E-state index >= 15 is 0 Å². The van der Waals surface area contributed by atoms with E-state index in [-0.39, 0.29) is 23.6 Å². The van der Waals surface area contributed by atoms with Crippen LogP contribution in [0, 0.1) is 0 Å². The van der Waals surface area contributed by atoms with E-state index < -0.39 is 0 Å². The molecule has 3 rings (SSSR count). The Hall–Kier alpha value is -3.09. The summed E-state index contributed by atoms with van der Waals surface area (Å²) in [4.78, 5) is 28.9. The fourth-order valence-electron chi connectivity index (χ4n) is 3.30. The molecule has 1 aliphatic rings. The van der Waals surface area contributed by atoms with Crippen LogP contribution in [0.25, 0.3) is 0 Å². The maximum Gasteiger partial charge on any atom is 0.270 e. The van der Waals surface area contributed by atoms with E-state index in [0.29, 0.717) is 23.6 Å². The lowest BCUT2D eigenvalue weighted by atomic mass is 10.1. The van der Waals surface area contributed by atoms with Gasteiger partial charge in [0.1, 0.15) is 5.69 Å². The van der Waals surface area contributed by atoms with Gasteiger partial charge in [-0.15, -0.1) is 0 Å². The molecule has 0 aliphatic heterocycles. The predicted molar refractivity (Wildman–Crippen MR) is 105 cm³/mol. The molecule has 0 unspecified atom stereocenters. The summed E-state index contributed by atoms with van der Waals surface area (Å²) in [5.41, 5.74) is 1.52. The summed E-state index contributed by atoms with van der Waals surface area (Å²) in [5, 5.41) is 5.83. The van der Waals surface area contributed by atoms with Gasteiger partial charge in [-0.3, -0.25) is 14.6 Å². The van der Waals surface area contributed by atoms with Crippen molar-refractivity contribution in [3.8, 4) is 11.5 Å². The summed E-state index contributed by atoms with van der Waals surface area (Å²) >= 11 is 0. The van der Waals surface area contributed by atoms with Gasteiger partial charge in [-0.1, -0.05) is 18.9 Å². The first kappa shape index (κ1) is 19.7. The largest absolute Gasteiger partial charge is 0.493 e. The van der Waals surface area contributed by atoms with E-state index in [1.165, 1.54) is 12.3 Å². The minimum atomic E-state index is -0.271. The van der Waals surface area contributed by atoms with Gasteiger partial charge in [0.15, 0.2) is 11.5 Å². The average molecular weight is 383 g/mol. The Morgan fingerprint density at radius 1 is 1.04 bits per heavy atom. The summed E-state index contributed by atoms with van der Waals surface area (Å²) in [6.07, 6.45) is 5.75. The summed E-state index contributed by atoms with van der Waals surface area (Å²) in [7, 11) is 3.14. The van der Waals surface area contributed by atoms with E-state index in [9.17, 15) is 9.59 Å². The molecule has 0 saturated heterocycles. The number of carbonyl (C=O) groups excluding carboxylic acids is 2. The maximum absolute atomic E-state index is 12.5. The zero-order valence-corrected chi connectivity index (χ0v) is 16.2. The lowest BCUT2D eigenvalue weighted by Crippen LogP contribution is -2.33. The highest BCUT2D eigenvalue weighted by Crippen LogP contribution is 2.27. The van der Waals surface area contributed by atoms with E-state index in [1.54, 1.807) is 26.4 Å². The van der Waals surface area contributed by atoms with Crippen LogP contribution < -0.4 is 20.1 Å². The molecule has 0 atom stereocenters. The Kier molecular flexibility index (Phi) is 6.47. The Morgan fingerprint density at radius 2 is 1.79 bits per heavy atom. The topological polar surface area (TPSA) is 89.5 Å². The molecule has 7 nitrogen and oxygen atoms in total. The first-order chi connectivity index (χ1) is 13.6. The number of benzene rings is 1. The van der Waals surface area contributed by atoms with Crippen molar-refractivity contribution in [2.75, 3.05) is 14.2 Å². The van der Waals surface area contributed by atoms with Crippen molar-refractivity contribution in [1.29, 1.82) is 0 Å². The molecule has 1 heterocycles. The molecule has 1 fully saturated rings. The molecule has 2 N–H and O–H groups in total. The Bertz CT molecular complexity index is 847. The first-order valence-corrected chi connectivity index (χ1v) is 9.36. The Morgan fingerprint density at radius 3 is 2.50 bits per heavy atom. The zero-order valence-electron chi connectivity index (χ0n) is 16.2. The van der Waals surface area contributed by atoms with Crippen LogP contribution in [-0.4, -0.2) is 37.1 Å². The summed E-state index contributed by atoms with van der Waals surface area (Å²) in [6.45, 7) is 0.325. The van der Waals surface area contributed by atoms with Gasteiger partial charge < -0.3 is 20.1 Å². The zero-order chi connectivity index (χ0) is 19.9. The van der Waals surface area contributed by atoms with Gasteiger partial charge in [0.2, 0.25) is 0 Å². The Balaban J connectivity index is 1.62. The van der Waals surface area contributed by atoms with Crippen molar-refractivity contribution in [3.05, 3.63) is 53.3 Å². The number of pyridine rings is 1. The van der Waals surface area contributed by atoms with Crippen molar-refractivity contribution < 1.29 is 19.1 Å². The number of aromatic nitrogens is 1. The van der Waals surface area contributed by atoms with Gasteiger partial charge >= 0.3 is 0 Å². The highest BCUT2D eigenvalue weighted by molar-refractivity contribution is 5.98. The first-order valence-electron chi connectivity index (χ1n) is 9.36. The Labute approximate surface area is 164 Å². The summed E-state index contributed by atoms with van der Waals surface area (Å²) in [5.74, 6) is 0.724. The molecule has 2 aromatic rings. The normalized spacial score (nSPS) is 13.8. The van der Waals surface area contributed by atoms with Crippen LogP contribution in [0.5, 0.6) is 11.5 Å². The minimum absolute atomic E-state index is 0.205. The summed E-state index contributed by atoms with van der Waals surface area (Å²) < 4.78 is 10.5. The molecule has 148 valence electrons. The number of nitrogens with one attached hydrogen (secondary N) is 2. The van der Waals surface area contributed by atoms with Crippen LogP contribution in [0.1, 0.15) is 52.1 Å². The third-order valence-electron chi connectivity index (χ3n) is 4.85. The molecule has 1 saturated carbocycles. The van der Waals surface area contributed by atoms with Crippen LogP contribution >= 0.6 is 0 Å². The molecule has 7 heteroatoms. The fourth-order valence-corrected chi connectivity index (χ4v) is 3.30.